The van der Waals surface area contributed by atoms with Gasteiger partial charge in [0.15, 0.2) is 8.32 Å². The summed E-state index contributed by atoms with van der Waals surface area (Å²) in [6, 6.07) is 1.14. The Bertz CT molecular complexity index is 773. The van der Waals surface area contributed by atoms with Crippen LogP contribution in [0.4, 0.5) is 26.3 Å². The van der Waals surface area contributed by atoms with Crippen LogP contribution in [0.5, 0.6) is 0 Å². The van der Waals surface area contributed by atoms with Gasteiger partial charge in [0.05, 0.1) is 26.5 Å². The molecule has 0 aromatic carbocycles. The molecule has 0 radical (unpaired) electrons. The first-order valence-corrected chi connectivity index (χ1v) is 24.9. The highest BCUT2D eigenvalue weighted by atomic mass is 28.4. The van der Waals surface area contributed by atoms with Gasteiger partial charge in [0.25, 0.3) is 0 Å². The van der Waals surface area contributed by atoms with Gasteiger partial charge in [-0.05, 0) is 64.3 Å². The van der Waals surface area contributed by atoms with E-state index in [-0.39, 0.29) is 18.7 Å². The number of unbranched alkanes of at least 4 members (excludes halogenated alkanes) is 2. The highest BCUT2D eigenvalue weighted by molar-refractivity contribution is 6.83. The highest BCUT2D eigenvalue weighted by Gasteiger charge is 2.58. The number of hydrogen-bond acceptors (Lipinski definition) is 4. The molecular weight excluding hydrogens is 623 g/mol. The molecule has 0 aromatic rings. The van der Waals surface area contributed by atoms with E-state index in [2.05, 4.69) is 26.9 Å². The van der Waals surface area contributed by atoms with Crippen molar-refractivity contribution in [1.29, 1.82) is 0 Å². The van der Waals surface area contributed by atoms with Gasteiger partial charge >= 0.3 is 12.4 Å². The summed E-state index contributed by atoms with van der Waals surface area (Å²) in [5.74, 6) is 0. The monoisotopic (exact) mass is 684 g/mol. The maximum Gasteiger partial charge on any atom is 0.388 e. The average molecular weight is 685 g/mol. The van der Waals surface area contributed by atoms with E-state index in [0.717, 1.165) is 38.1 Å². The third kappa shape index (κ3) is 15.5. The molecule has 43 heavy (non-hydrogen) atoms. The largest absolute Gasteiger partial charge is 0.412 e. The van der Waals surface area contributed by atoms with E-state index in [9.17, 15) is 26.3 Å². The first kappa shape index (κ1) is 43.1. The summed E-state index contributed by atoms with van der Waals surface area (Å²) >= 11 is 0. The SMILES string of the molecule is CCCC[Si](C)(CCC(F)(F)F)OC(C)(CCC)[Si](C)(CCC(F)(F)F)OC(C)(CCC)[Si](C)(C)CCCCOCCO. The number of ether oxygens (including phenoxy) is 1. The normalized spacial score (nSPS) is 19.0. The highest BCUT2D eigenvalue weighted by Crippen LogP contribution is 2.46. The van der Waals surface area contributed by atoms with Crippen LogP contribution in [-0.2, 0) is 13.6 Å². The predicted octanol–water partition coefficient (Wildman–Crippen LogP) is 10.6. The van der Waals surface area contributed by atoms with Crippen LogP contribution in [-0.4, -0.2) is 72.4 Å². The summed E-state index contributed by atoms with van der Waals surface area (Å²) in [6.07, 6.45) is -4.84. The molecule has 0 aromatic heterocycles. The summed E-state index contributed by atoms with van der Waals surface area (Å²) in [5, 5.41) is 7.25. The lowest BCUT2D eigenvalue weighted by Crippen LogP contribution is -2.68. The Morgan fingerprint density at radius 2 is 1.12 bits per heavy atom. The molecule has 260 valence electrons. The molecule has 4 nitrogen and oxygen atoms in total. The molecule has 1 N–H and O–H groups in total. The molecule has 4 unspecified atom stereocenters. The van der Waals surface area contributed by atoms with Gasteiger partial charge in [0.2, 0.25) is 8.32 Å². The van der Waals surface area contributed by atoms with Gasteiger partial charge in [-0.15, -0.1) is 0 Å². The zero-order chi connectivity index (χ0) is 33.6. The fourth-order valence-corrected chi connectivity index (χ4v) is 19.1. The number of hydrogen-bond donors (Lipinski definition) is 1. The Morgan fingerprint density at radius 3 is 1.60 bits per heavy atom. The van der Waals surface area contributed by atoms with Gasteiger partial charge in [-0.1, -0.05) is 72.0 Å². The van der Waals surface area contributed by atoms with Crippen molar-refractivity contribution in [3.8, 4) is 0 Å². The minimum absolute atomic E-state index is 0.0288. The third-order valence-electron chi connectivity index (χ3n) is 9.38. The molecule has 0 spiro atoms. The molecule has 0 aliphatic rings. The number of rotatable bonds is 24. The van der Waals surface area contributed by atoms with Crippen LogP contribution >= 0.6 is 0 Å². The van der Waals surface area contributed by atoms with Crippen molar-refractivity contribution in [2.24, 2.45) is 0 Å². The quantitative estimate of drug-likeness (QED) is 0.0625. The number of aliphatic hydroxyl groups excluding tert-OH is 1. The lowest BCUT2D eigenvalue weighted by molar-refractivity contribution is -0.133. The van der Waals surface area contributed by atoms with Crippen molar-refractivity contribution in [1.82, 2.24) is 0 Å². The molecule has 0 aliphatic carbocycles. The van der Waals surface area contributed by atoms with E-state index >= 15 is 0 Å². The van der Waals surface area contributed by atoms with Crippen LogP contribution in [0.3, 0.4) is 0 Å². The molecule has 4 atom stereocenters. The number of aliphatic hydroxyl groups is 1. The van der Waals surface area contributed by atoms with Gasteiger partial charge in [0, 0.05) is 24.7 Å². The molecule has 0 rings (SSSR count). The molecular formula is C30H62F6O4Si3. The Labute approximate surface area is 261 Å². The maximum absolute atomic E-state index is 13.8. The van der Waals surface area contributed by atoms with Gasteiger partial charge in [-0.2, -0.15) is 26.3 Å². The van der Waals surface area contributed by atoms with E-state index < -0.39 is 60.4 Å². The van der Waals surface area contributed by atoms with Crippen LogP contribution in [0.15, 0.2) is 0 Å². The summed E-state index contributed by atoms with van der Waals surface area (Å²) in [7, 11) is -8.61. The first-order valence-electron chi connectivity index (χ1n) is 16.3. The molecule has 0 fully saturated rings. The van der Waals surface area contributed by atoms with Crippen molar-refractivity contribution in [3.63, 3.8) is 0 Å². The Hall–Kier alpha value is 0.0706. The van der Waals surface area contributed by atoms with E-state index in [4.69, 9.17) is 18.7 Å². The Kier molecular flexibility index (Phi) is 18.4. The van der Waals surface area contributed by atoms with Crippen molar-refractivity contribution < 1.29 is 45.0 Å². The zero-order valence-electron chi connectivity index (χ0n) is 28.5. The molecule has 0 bridgehead atoms. The number of halogens is 6. The summed E-state index contributed by atoms with van der Waals surface area (Å²) < 4.78 is 101. The van der Waals surface area contributed by atoms with Gasteiger partial charge in [-0.3, -0.25) is 0 Å². The first-order chi connectivity index (χ1) is 19.6. The standard InChI is InChI=1S/C30H62F6O4Si3/c1-10-13-24-42(8,25-18-29(31,32)33)39-28(5,17-12-3)43(9,26-19-30(34,35)36)40-27(4,16-11-2)41(6,7)23-15-14-21-38-22-20-37/h37H,10-26H2,1-9H3. The van der Waals surface area contributed by atoms with E-state index in [0.29, 0.717) is 38.5 Å². The van der Waals surface area contributed by atoms with Crippen LogP contribution in [0.2, 0.25) is 50.4 Å². The fraction of sp³-hybridized carbons (Fsp3) is 1.00. The molecule has 0 aliphatic heterocycles. The molecule has 0 amide bonds. The second-order valence-corrected chi connectivity index (χ2v) is 27.5. The minimum atomic E-state index is -4.38. The smallest absolute Gasteiger partial charge is 0.388 e. The minimum Gasteiger partial charge on any atom is -0.412 e. The van der Waals surface area contributed by atoms with Crippen LogP contribution in [0.25, 0.3) is 0 Å². The van der Waals surface area contributed by atoms with E-state index in [1.807, 2.05) is 33.9 Å². The Balaban J connectivity index is 6.67. The summed E-state index contributed by atoms with van der Waals surface area (Å²) in [5.41, 5.74) is 0. The average Bonchev–Trinajstić information content (AvgIpc) is 2.86. The van der Waals surface area contributed by atoms with Crippen molar-refractivity contribution in [2.75, 3.05) is 19.8 Å². The summed E-state index contributed by atoms with van der Waals surface area (Å²) in [6.45, 7) is 18.9. The number of alkyl halides is 6. The van der Waals surface area contributed by atoms with Crippen molar-refractivity contribution >= 4 is 24.7 Å². The lowest BCUT2D eigenvalue weighted by atomic mass is 10.2. The maximum atomic E-state index is 13.8. The lowest BCUT2D eigenvalue weighted by Gasteiger charge is -2.55. The van der Waals surface area contributed by atoms with E-state index in [1.54, 1.807) is 0 Å². The second kappa shape index (κ2) is 18.4. The van der Waals surface area contributed by atoms with Crippen molar-refractivity contribution in [3.05, 3.63) is 0 Å². The summed E-state index contributed by atoms with van der Waals surface area (Å²) in [4.78, 5) is 0. The van der Waals surface area contributed by atoms with Crippen LogP contribution < -0.4 is 0 Å². The second-order valence-electron chi connectivity index (χ2n) is 13.9. The zero-order valence-corrected chi connectivity index (χ0v) is 31.5. The van der Waals surface area contributed by atoms with Gasteiger partial charge in [-0.25, -0.2) is 0 Å². The fourth-order valence-electron chi connectivity index (χ4n) is 6.14. The Morgan fingerprint density at radius 1 is 0.581 bits per heavy atom. The van der Waals surface area contributed by atoms with Crippen LogP contribution in [0, 0.1) is 0 Å². The molecule has 13 heteroatoms. The van der Waals surface area contributed by atoms with E-state index in [1.165, 1.54) is 0 Å². The molecule has 0 saturated carbocycles. The van der Waals surface area contributed by atoms with Crippen molar-refractivity contribution in [2.45, 2.75) is 172 Å². The molecule has 0 heterocycles. The van der Waals surface area contributed by atoms with Crippen LogP contribution in [0.1, 0.15) is 98.8 Å². The predicted molar refractivity (Wildman–Crippen MR) is 172 cm³/mol. The topological polar surface area (TPSA) is 47.9 Å². The van der Waals surface area contributed by atoms with Gasteiger partial charge in [0.1, 0.15) is 0 Å². The van der Waals surface area contributed by atoms with Gasteiger partial charge < -0.3 is 18.7 Å². The third-order valence-corrected chi connectivity index (χ3v) is 23.0. The molecule has 0 saturated heterocycles.